The van der Waals surface area contributed by atoms with Gasteiger partial charge in [-0.3, -0.25) is 10.1 Å². The fourth-order valence-electron chi connectivity index (χ4n) is 1.72. The van der Waals surface area contributed by atoms with E-state index in [2.05, 4.69) is 21.2 Å². The lowest BCUT2D eigenvalue weighted by atomic mass is 10.1. The van der Waals surface area contributed by atoms with Gasteiger partial charge in [0.2, 0.25) is 0 Å². The summed E-state index contributed by atoms with van der Waals surface area (Å²) >= 11 is 3.38. The van der Waals surface area contributed by atoms with Crippen LogP contribution in [0.25, 0.3) is 0 Å². The molecule has 3 nitrogen and oxygen atoms in total. The summed E-state index contributed by atoms with van der Waals surface area (Å²) in [5.41, 5.74) is 1.09. The molecule has 1 aromatic carbocycles. The second-order valence-electron chi connectivity index (χ2n) is 4.12. The molecule has 0 bridgehead atoms. The molecule has 0 fully saturated rings. The van der Waals surface area contributed by atoms with Crippen LogP contribution in [0.15, 0.2) is 28.7 Å². The molecule has 17 heavy (non-hydrogen) atoms. The minimum absolute atomic E-state index is 0.0377. The maximum absolute atomic E-state index is 11.0. The second kappa shape index (κ2) is 6.77. The highest BCUT2D eigenvalue weighted by Crippen LogP contribution is 2.17. The van der Waals surface area contributed by atoms with Crippen molar-refractivity contribution in [1.29, 1.82) is 0 Å². The number of benzene rings is 1. The van der Waals surface area contributed by atoms with E-state index in [-0.39, 0.29) is 6.04 Å². The van der Waals surface area contributed by atoms with E-state index in [0.717, 1.165) is 16.5 Å². The average molecular weight is 300 g/mol. The summed E-state index contributed by atoms with van der Waals surface area (Å²) in [4.78, 5) is 11.0. The van der Waals surface area contributed by atoms with Gasteiger partial charge < -0.3 is 5.11 Å². The highest BCUT2D eigenvalue weighted by Gasteiger charge is 2.18. The molecule has 2 N–H and O–H groups in total. The Kier molecular flexibility index (Phi) is 5.65. The topological polar surface area (TPSA) is 49.3 Å². The van der Waals surface area contributed by atoms with Crippen LogP contribution < -0.4 is 5.32 Å². The Balaban J connectivity index is 2.66. The van der Waals surface area contributed by atoms with Crippen LogP contribution in [0.1, 0.15) is 38.3 Å². The predicted octanol–water partition coefficient (Wildman–Crippen LogP) is 3.35. The largest absolute Gasteiger partial charge is 0.480 e. The molecule has 0 saturated heterocycles. The molecule has 0 aromatic heterocycles. The first kappa shape index (κ1) is 14.2. The van der Waals surface area contributed by atoms with E-state index in [1.807, 2.05) is 38.1 Å². The van der Waals surface area contributed by atoms with Crippen LogP contribution in [0.3, 0.4) is 0 Å². The summed E-state index contributed by atoms with van der Waals surface area (Å²) in [5, 5.41) is 12.2. The van der Waals surface area contributed by atoms with Crippen LogP contribution in [0.4, 0.5) is 0 Å². The molecule has 0 spiro atoms. The molecule has 94 valence electrons. The zero-order valence-electron chi connectivity index (χ0n) is 10.1. The maximum atomic E-state index is 11.0. The third-order valence-corrected chi connectivity index (χ3v) is 3.23. The van der Waals surface area contributed by atoms with Crippen LogP contribution in [0.2, 0.25) is 0 Å². The van der Waals surface area contributed by atoms with Gasteiger partial charge in [0.25, 0.3) is 0 Å². The fraction of sp³-hybridized carbons (Fsp3) is 0.462. The molecule has 1 rings (SSSR count). The van der Waals surface area contributed by atoms with Gasteiger partial charge in [-0.05, 0) is 31.0 Å². The first-order valence-corrected chi connectivity index (χ1v) is 6.58. The number of carbonyl (C=O) groups is 1. The van der Waals surface area contributed by atoms with Crippen molar-refractivity contribution in [2.75, 3.05) is 0 Å². The zero-order chi connectivity index (χ0) is 12.8. The maximum Gasteiger partial charge on any atom is 0.320 e. The first-order chi connectivity index (χ1) is 8.04. The Morgan fingerprint density at radius 1 is 1.41 bits per heavy atom. The number of halogens is 1. The number of nitrogens with one attached hydrogen (secondary N) is 1. The highest BCUT2D eigenvalue weighted by atomic mass is 79.9. The van der Waals surface area contributed by atoms with Gasteiger partial charge in [-0.2, -0.15) is 0 Å². The van der Waals surface area contributed by atoms with E-state index in [4.69, 9.17) is 5.11 Å². The molecule has 0 aliphatic rings. The molecular formula is C13H18BrNO2. The molecule has 0 aliphatic carbocycles. The Bertz CT molecular complexity index is 364. The van der Waals surface area contributed by atoms with Crippen molar-refractivity contribution >= 4 is 21.9 Å². The average Bonchev–Trinajstić information content (AvgIpc) is 2.29. The van der Waals surface area contributed by atoms with Crippen LogP contribution in [-0.4, -0.2) is 17.1 Å². The predicted molar refractivity (Wildman–Crippen MR) is 72.0 cm³/mol. The molecule has 0 amide bonds. The van der Waals surface area contributed by atoms with E-state index in [1.165, 1.54) is 0 Å². The van der Waals surface area contributed by atoms with E-state index in [9.17, 15) is 4.79 Å². The van der Waals surface area contributed by atoms with Gasteiger partial charge in [0.15, 0.2) is 0 Å². The van der Waals surface area contributed by atoms with Crippen LogP contribution >= 0.6 is 15.9 Å². The van der Waals surface area contributed by atoms with Crippen molar-refractivity contribution in [2.45, 2.75) is 38.8 Å². The van der Waals surface area contributed by atoms with Gasteiger partial charge in [0, 0.05) is 10.5 Å². The third-order valence-electron chi connectivity index (χ3n) is 2.70. The summed E-state index contributed by atoms with van der Waals surface area (Å²) in [6.45, 7) is 3.97. The Hall–Kier alpha value is -0.870. The zero-order valence-corrected chi connectivity index (χ0v) is 11.7. The summed E-state index contributed by atoms with van der Waals surface area (Å²) < 4.78 is 1.02. The molecule has 1 aromatic rings. The molecule has 0 radical (unpaired) electrons. The van der Waals surface area contributed by atoms with Crippen molar-refractivity contribution in [1.82, 2.24) is 5.32 Å². The quantitative estimate of drug-likeness (QED) is 0.847. The van der Waals surface area contributed by atoms with Gasteiger partial charge in [-0.15, -0.1) is 0 Å². The summed E-state index contributed by atoms with van der Waals surface area (Å²) in [5.74, 6) is -0.782. The van der Waals surface area contributed by atoms with Crippen molar-refractivity contribution in [3.63, 3.8) is 0 Å². The molecular weight excluding hydrogens is 282 g/mol. The molecule has 0 saturated carbocycles. The van der Waals surface area contributed by atoms with Gasteiger partial charge in [-0.1, -0.05) is 41.4 Å². The molecule has 1 unspecified atom stereocenters. The second-order valence-corrected chi connectivity index (χ2v) is 5.04. The Morgan fingerprint density at radius 3 is 2.47 bits per heavy atom. The van der Waals surface area contributed by atoms with Crippen LogP contribution in [-0.2, 0) is 4.79 Å². The van der Waals surface area contributed by atoms with Gasteiger partial charge in [0.1, 0.15) is 6.04 Å². The number of hydrogen-bond acceptors (Lipinski definition) is 2. The van der Waals surface area contributed by atoms with Crippen molar-refractivity contribution < 1.29 is 9.90 Å². The molecule has 0 heterocycles. The number of rotatable bonds is 6. The SMILES string of the molecule is CCCC(N[C@@H](C)c1ccc(Br)cc1)C(=O)O. The van der Waals surface area contributed by atoms with Gasteiger partial charge >= 0.3 is 5.97 Å². The summed E-state index contributed by atoms with van der Waals surface area (Å²) in [7, 11) is 0. The lowest BCUT2D eigenvalue weighted by Gasteiger charge is -2.20. The third kappa shape index (κ3) is 4.48. The Labute approximate surface area is 110 Å². The molecule has 4 heteroatoms. The summed E-state index contributed by atoms with van der Waals surface area (Å²) in [6.07, 6.45) is 1.51. The summed E-state index contributed by atoms with van der Waals surface area (Å²) in [6, 6.07) is 7.47. The van der Waals surface area contributed by atoms with Crippen molar-refractivity contribution in [3.8, 4) is 0 Å². The van der Waals surface area contributed by atoms with E-state index >= 15 is 0 Å². The molecule has 0 aliphatic heterocycles. The number of carboxylic acid groups (broad SMARTS) is 1. The normalized spacial score (nSPS) is 14.3. The van der Waals surface area contributed by atoms with E-state index in [1.54, 1.807) is 0 Å². The van der Waals surface area contributed by atoms with E-state index in [0.29, 0.717) is 6.42 Å². The Morgan fingerprint density at radius 2 is 2.00 bits per heavy atom. The lowest BCUT2D eigenvalue weighted by molar-refractivity contribution is -0.139. The highest BCUT2D eigenvalue weighted by molar-refractivity contribution is 9.10. The number of hydrogen-bond donors (Lipinski definition) is 2. The number of carboxylic acids is 1. The lowest BCUT2D eigenvalue weighted by Crippen LogP contribution is -2.38. The smallest absolute Gasteiger partial charge is 0.320 e. The van der Waals surface area contributed by atoms with Gasteiger partial charge in [0.05, 0.1) is 0 Å². The van der Waals surface area contributed by atoms with Crippen molar-refractivity contribution in [2.24, 2.45) is 0 Å². The van der Waals surface area contributed by atoms with Crippen LogP contribution in [0.5, 0.6) is 0 Å². The first-order valence-electron chi connectivity index (χ1n) is 5.79. The van der Waals surface area contributed by atoms with E-state index < -0.39 is 12.0 Å². The van der Waals surface area contributed by atoms with Gasteiger partial charge in [-0.25, -0.2) is 0 Å². The van der Waals surface area contributed by atoms with Crippen LogP contribution in [0, 0.1) is 0 Å². The molecule has 2 atom stereocenters. The number of aliphatic carboxylic acids is 1. The standard InChI is InChI=1S/C13H18BrNO2/c1-3-4-12(13(16)17)15-9(2)10-5-7-11(14)8-6-10/h5-9,12,15H,3-4H2,1-2H3,(H,16,17)/t9-,12?/m0/s1. The minimum Gasteiger partial charge on any atom is -0.480 e. The van der Waals surface area contributed by atoms with Crippen molar-refractivity contribution in [3.05, 3.63) is 34.3 Å². The fourth-order valence-corrected chi connectivity index (χ4v) is 1.98. The minimum atomic E-state index is -0.782. The monoisotopic (exact) mass is 299 g/mol.